The van der Waals surface area contributed by atoms with Gasteiger partial charge in [0.15, 0.2) is 17.8 Å². The number of ether oxygens (including phenoxy) is 4. The number of aromatic amines is 1. The fourth-order valence-corrected chi connectivity index (χ4v) is 4.72. The monoisotopic (exact) mass is 505 g/mol. The third-order valence-corrected chi connectivity index (χ3v) is 6.60. The summed E-state index contributed by atoms with van der Waals surface area (Å²) in [5.41, 5.74) is 4.43. The number of fused-ring (bicyclic) bond motifs is 2. The molecular formula is C27H24FN3O6. The number of nitrogens with zero attached hydrogens (tertiary/aromatic N) is 1. The summed E-state index contributed by atoms with van der Waals surface area (Å²) in [6.07, 6.45) is -2.31. The molecule has 2 aliphatic heterocycles. The lowest BCUT2D eigenvalue weighted by Gasteiger charge is -2.16. The van der Waals surface area contributed by atoms with Crippen molar-refractivity contribution < 1.29 is 33.2 Å². The summed E-state index contributed by atoms with van der Waals surface area (Å²) < 4.78 is 36.8. The molecule has 190 valence electrons. The van der Waals surface area contributed by atoms with E-state index in [1.165, 1.54) is 13.2 Å². The van der Waals surface area contributed by atoms with E-state index in [2.05, 4.69) is 20.0 Å². The molecule has 2 aliphatic rings. The van der Waals surface area contributed by atoms with Crippen LogP contribution in [0.25, 0.3) is 33.4 Å². The first kappa shape index (κ1) is 23.4. The van der Waals surface area contributed by atoms with E-state index in [0.717, 1.165) is 11.1 Å². The summed E-state index contributed by atoms with van der Waals surface area (Å²) >= 11 is 0. The molecule has 0 bridgehead atoms. The van der Waals surface area contributed by atoms with Crippen LogP contribution in [-0.4, -0.2) is 65.9 Å². The standard InChI is InChI=1S/C27H24FN3O6/c1-34-27(33)29-17-8-6-15(7-9-17)14-2-4-16(5-3-14)24-18(28)10-19-20(31-24)11-23(30-19)37-22-13-36-25-21(32)12-35-26(22)25/h2-11,21-22,25-26,30,32H,12-13H2,1H3,(H,29,33)/t21-,22-,25-,26-/m1/s1. The molecule has 37 heavy (non-hydrogen) atoms. The van der Waals surface area contributed by atoms with Gasteiger partial charge in [-0.15, -0.1) is 0 Å². The van der Waals surface area contributed by atoms with E-state index < -0.39 is 24.1 Å². The number of benzene rings is 2. The lowest BCUT2D eigenvalue weighted by Crippen LogP contribution is -2.34. The van der Waals surface area contributed by atoms with Crippen molar-refractivity contribution in [1.82, 2.24) is 9.97 Å². The molecule has 6 rings (SSSR count). The summed E-state index contributed by atoms with van der Waals surface area (Å²) in [4.78, 5) is 18.9. The first-order valence-corrected chi connectivity index (χ1v) is 11.8. The number of pyridine rings is 1. The van der Waals surface area contributed by atoms with Crippen LogP contribution >= 0.6 is 0 Å². The summed E-state index contributed by atoms with van der Waals surface area (Å²) in [7, 11) is 1.31. The van der Waals surface area contributed by atoms with Crippen LogP contribution in [0.4, 0.5) is 14.9 Å². The molecule has 2 aromatic heterocycles. The van der Waals surface area contributed by atoms with Gasteiger partial charge in [0, 0.05) is 23.4 Å². The van der Waals surface area contributed by atoms with E-state index in [0.29, 0.717) is 34.8 Å². The molecule has 2 fully saturated rings. The van der Waals surface area contributed by atoms with Gasteiger partial charge in [-0.2, -0.15) is 0 Å². The minimum Gasteiger partial charge on any atom is -0.470 e. The fraction of sp³-hybridized carbons (Fsp3) is 0.259. The van der Waals surface area contributed by atoms with Gasteiger partial charge in [-0.25, -0.2) is 14.2 Å². The van der Waals surface area contributed by atoms with Crippen LogP contribution in [0.1, 0.15) is 0 Å². The lowest BCUT2D eigenvalue weighted by molar-refractivity contribution is 0.00794. The van der Waals surface area contributed by atoms with Gasteiger partial charge in [-0.3, -0.25) is 5.32 Å². The van der Waals surface area contributed by atoms with Crippen molar-refractivity contribution in [2.24, 2.45) is 0 Å². The quantitative estimate of drug-likeness (QED) is 0.374. The molecule has 2 aromatic carbocycles. The maximum absolute atomic E-state index is 15.0. The number of aliphatic hydroxyl groups excluding tert-OH is 1. The summed E-state index contributed by atoms with van der Waals surface area (Å²) in [6.45, 7) is 0.514. The second-order valence-electron chi connectivity index (χ2n) is 8.98. The van der Waals surface area contributed by atoms with Gasteiger partial charge in [0.2, 0.25) is 0 Å². The van der Waals surface area contributed by atoms with Gasteiger partial charge in [-0.1, -0.05) is 36.4 Å². The number of aromatic nitrogens is 2. The maximum Gasteiger partial charge on any atom is 0.411 e. The molecule has 0 unspecified atom stereocenters. The second kappa shape index (κ2) is 9.47. The minimum absolute atomic E-state index is 0.217. The summed E-state index contributed by atoms with van der Waals surface area (Å²) in [6, 6.07) is 17.8. The molecule has 0 aliphatic carbocycles. The first-order valence-electron chi connectivity index (χ1n) is 11.8. The van der Waals surface area contributed by atoms with Crippen molar-refractivity contribution >= 4 is 22.8 Å². The largest absolute Gasteiger partial charge is 0.470 e. The number of hydrogen-bond acceptors (Lipinski definition) is 7. The SMILES string of the molecule is COC(=O)Nc1ccc(-c2ccc(-c3nc4cc(O[C@@H]5CO[C@H]6[C@@H]5OC[C@H]6O)[nH]c4cc3F)cc2)cc1. The van der Waals surface area contributed by atoms with Crippen LogP contribution < -0.4 is 10.1 Å². The maximum atomic E-state index is 15.0. The minimum atomic E-state index is -0.658. The Hall–Kier alpha value is -3.99. The molecular weight excluding hydrogens is 481 g/mol. The van der Waals surface area contributed by atoms with Crippen LogP contribution in [0.5, 0.6) is 5.88 Å². The highest BCUT2D eigenvalue weighted by atomic mass is 19.1. The van der Waals surface area contributed by atoms with Gasteiger partial charge in [0.1, 0.15) is 24.0 Å². The summed E-state index contributed by atoms with van der Waals surface area (Å²) in [5.74, 6) is -0.0304. The van der Waals surface area contributed by atoms with E-state index in [9.17, 15) is 9.90 Å². The number of aliphatic hydroxyl groups is 1. The van der Waals surface area contributed by atoms with E-state index in [4.69, 9.17) is 14.2 Å². The number of hydrogen-bond donors (Lipinski definition) is 3. The number of nitrogens with one attached hydrogen (secondary N) is 2. The molecule has 0 radical (unpaired) electrons. The van der Waals surface area contributed by atoms with Crippen LogP contribution in [0.15, 0.2) is 60.7 Å². The van der Waals surface area contributed by atoms with E-state index in [1.807, 2.05) is 36.4 Å². The number of amides is 1. The number of carbonyl (C=O) groups excluding carboxylic acids is 1. The zero-order valence-corrected chi connectivity index (χ0v) is 19.8. The van der Waals surface area contributed by atoms with Gasteiger partial charge in [0.05, 0.1) is 31.4 Å². The molecule has 10 heteroatoms. The number of carbonyl (C=O) groups is 1. The van der Waals surface area contributed by atoms with Crippen molar-refractivity contribution in [3.05, 3.63) is 66.5 Å². The molecule has 0 saturated carbocycles. The predicted octanol–water partition coefficient (Wildman–Crippen LogP) is 4.12. The molecule has 1 amide bonds. The zero-order chi connectivity index (χ0) is 25.5. The van der Waals surface area contributed by atoms with Crippen LogP contribution in [0, 0.1) is 5.82 Å². The fourth-order valence-electron chi connectivity index (χ4n) is 4.72. The molecule has 2 saturated heterocycles. The molecule has 4 atom stereocenters. The topological polar surface area (TPSA) is 115 Å². The third kappa shape index (κ3) is 4.50. The van der Waals surface area contributed by atoms with Crippen LogP contribution in [-0.2, 0) is 14.2 Å². The molecule has 3 N–H and O–H groups in total. The zero-order valence-electron chi connectivity index (χ0n) is 19.8. The van der Waals surface area contributed by atoms with E-state index >= 15 is 4.39 Å². The highest BCUT2D eigenvalue weighted by Crippen LogP contribution is 2.32. The van der Waals surface area contributed by atoms with Gasteiger partial charge in [0.25, 0.3) is 0 Å². The Kier molecular flexibility index (Phi) is 5.99. The molecule has 9 nitrogen and oxygen atoms in total. The summed E-state index contributed by atoms with van der Waals surface area (Å²) in [5, 5.41) is 12.5. The Morgan fingerprint density at radius 1 is 1.03 bits per heavy atom. The third-order valence-electron chi connectivity index (χ3n) is 6.60. The van der Waals surface area contributed by atoms with Crippen molar-refractivity contribution in [2.45, 2.75) is 24.4 Å². The highest BCUT2D eigenvalue weighted by Gasteiger charge is 2.48. The average Bonchev–Trinajstić information content (AvgIpc) is 3.60. The Labute approximate surface area is 211 Å². The Morgan fingerprint density at radius 3 is 2.43 bits per heavy atom. The smallest absolute Gasteiger partial charge is 0.411 e. The highest BCUT2D eigenvalue weighted by molar-refractivity contribution is 5.85. The molecule has 4 aromatic rings. The molecule has 0 spiro atoms. The number of rotatable bonds is 5. The Bertz CT molecular complexity index is 1440. The first-order chi connectivity index (χ1) is 18.0. The predicted molar refractivity (Wildman–Crippen MR) is 133 cm³/mol. The number of halogens is 1. The Balaban J connectivity index is 1.20. The average molecular weight is 506 g/mol. The van der Waals surface area contributed by atoms with Crippen LogP contribution in [0.2, 0.25) is 0 Å². The normalized spacial score (nSPS) is 22.7. The van der Waals surface area contributed by atoms with Gasteiger partial charge >= 0.3 is 6.09 Å². The Morgan fingerprint density at radius 2 is 1.70 bits per heavy atom. The van der Waals surface area contributed by atoms with Gasteiger partial charge < -0.3 is 29.0 Å². The van der Waals surface area contributed by atoms with Gasteiger partial charge in [-0.05, 0) is 23.3 Å². The lowest BCUT2D eigenvalue weighted by atomic mass is 10.0. The van der Waals surface area contributed by atoms with E-state index in [-0.39, 0.29) is 24.5 Å². The van der Waals surface area contributed by atoms with Crippen molar-refractivity contribution in [3.63, 3.8) is 0 Å². The van der Waals surface area contributed by atoms with Crippen molar-refractivity contribution in [3.8, 4) is 28.3 Å². The van der Waals surface area contributed by atoms with Crippen molar-refractivity contribution in [2.75, 3.05) is 25.6 Å². The van der Waals surface area contributed by atoms with Crippen LogP contribution in [0.3, 0.4) is 0 Å². The number of H-pyrrole nitrogens is 1. The molecule has 4 heterocycles. The van der Waals surface area contributed by atoms with Crippen molar-refractivity contribution in [1.29, 1.82) is 0 Å². The number of anilines is 1. The van der Waals surface area contributed by atoms with E-state index in [1.54, 1.807) is 18.2 Å². The second-order valence-corrected chi connectivity index (χ2v) is 8.98. The number of methoxy groups -OCH3 is 1.